The van der Waals surface area contributed by atoms with E-state index in [2.05, 4.69) is 54.6 Å². The second kappa shape index (κ2) is 7.70. The van der Waals surface area contributed by atoms with Crippen molar-refractivity contribution < 1.29 is 4.74 Å². The van der Waals surface area contributed by atoms with Crippen LogP contribution in [0.15, 0.2) is 48.7 Å². The zero-order valence-electron chi connectivity index (χ0n) is 15.5. The molecule has 0 radical (unpaired) electrons. The number of rotatable bonds is 4. The number of methoxy groups -OCH3 is 1. The molecule has 3 aromatic rings. The molecule has 0 amide bonds. The van der Waals surface area contributed by atoms with Crippen LogP contribution in [0.4, 0.5) is 5.69 Å². The van der Waals surface area contributed by atoms with Crippen molar-refractivity contribution in [1.82, 2.24) is 10.3 Å². The quantitative estimate of drug-likeness (QED) is 0.644. The molecule has 4 nitrogen and oxygen atoms in total. The maximum Gasteiger partial charge on any atom is 0.171 e. The third-order valence-electron chi connectivity index (χ3n) is 4.44. The fourth-order valence-corrected chi connectivity index (χ4v) is 3.45. The molecule has 0 spiro atoms. The van der Waals surface area contributed by atoms with Gasteiger partial charge in [-0.25, -0.2) is 0 Å². The summed E-state index contributed by atoms with van der Waals surface area (Å²) in [6.07, 6.45) is 1.76. The third-order valence-corrected chi connectivity index (χ3v) is 4.66. The molecule has 26 heavy (non-hydrogen) atoms. The maximum absolute atomic E-state index is 5.53. The molecular weight excluding hydrogens is 342 g/mol. The SMILES string of the molecule is COc1ccc(NC(=S)NC(C)c2ccc(C)cc2C)c2cccnc12. The fraction of sp³-hybridized carbons (Fsp3) is 0.238. The van der Waals surface area contributed by atoms with Crippen molar-refractivity contribution in [3.05, 3.63) is 65.4 Å². The lowest BCUT2D eigenvalue weighted by Gasteiger charge is -2.20. The summed E-state index contributed by atoms with van der Waals surface area (Å²) in [5.41, 5.74) is 5.47. The summed E-state index contributed by atoms with van der Waals surface area (Å²) in [6.45, 7) is 6.34. The number of hydrogen-bond acceptors (Lipinski definition) is 3. The lowest BCUT2D eigenvalue weighted by atomic mass is 10.0. The van der Waals surface area contributed by atoms with Crippen LogP contribution in [0.3, 0.4) is 0 Å². The molecule has 0 aliphatic heterocycles. The average Bonchev–Trinajstić information content (AvgIpc) is 2.61. The summed E-state index contributed by atoms with van der Waals surface area (Å²) < 4.78 is 5.39. The molecule has 0 bridgehead atoms. The van der Waals surface area contributed by atoms with Crippen LogP contribution in [-0.2, 0) is 0 Å². The molecule has 2 aromatic carbocycles. The highest BCUT2D eigenvalue weighted by molar-refractivity contribution is 7.80. The molecule has 1 heterocycles. The number of fused-ring (bicyclic) bond motifs is 1. The Morgan fingerprint density at radius 1 is 1.15 bits per heavy atom. The van der Waals surface area contributed by atoms with E-state index >= 15 is 0 Å². The van der Waals surface area contributed by atoms with Crippen molar-refractivity contribution >= 4 is 33.9 Å². The minimum atomic E-state index is 0.109. The fourth-order valence-electron chi connectivity index (χ4n) is 3.16. The minimum Gasteiger partial charge on any atom is -0.494 e. The average molecular weight is 366 g/mol. The summed E-state index contributed by atoms with van der Waals surface area (Å²) in [4.78, 5) is 4.42. The number of nitrogens with one attached hydrogen (secondary N) is 2. The number of aryl methyl sites for hydroxylation is 2. The molecule has 0 aliphatic carbocycles. The number of ether oxygens (including phenoxy) is 1. The van der Waals surface area contributed by atoms with Crippen molar-refractivity contribution in [2.24, 2.45) is 0 Å². The Hall–Kier alpha value is -2.66. The van der Waals surface area contributed by atoms with Crippen molar-refractivity contribution in [2.75, 3.05) is 12.4 Å². The van der Waals surface area contributed by atoms with Crippen LogP contribution in [0.1, 0.15) is 29.7 Å². The Balaban J connectivity index is 1.79. The van der Waals surface area contributed by atoms with Gasteiger partial charge in [-0.05, 0) is 68.4 Å². The van der Waals surface area contributed by atoms with E-state index in [0.717, 1.165) is 22.3 Å². The third kappa shape index (κ3) is 3.78. The largest absolute Gasteiger partial charge is 0.494 e. The minimum absolute atomic E-state index is 0.109. The summed E-state index contributed by atoms with van der Waals surface area (Å²) in [7, 11) is 1.65. The number of anilines is 1. The Morgan fingerprint density at radius 3 is 2.69 bits per heavy atom. The van der Waals surface area contributed by atoms with E-state index in [-0.39, 0.29) is 6.04 Å². The highest BCUT2D eigenvalue weighted by atomic mass is 32.1. The number of thiocarbonyl (C=S) groups is 1. The standard InChI is InChI=1S/C21H23N3OS/c1-13-7-8-16(14(2)12-13)15(3)23-21(26)24-18-9-10-19(25-4)20-17(18)6-5-11-22-20/h5-12,15H,1-4H3,(H2,23,24,26). The molecule has 1 unspecified atom stereocenters. The zero-order valence-corrected chi connectivity index (χ0v) is 16.3. The van der Waals surface area contributed by atoms with Gasteiger partial charge < -0.3 is 15.4 Å². The van der Waals surface area contributed by atoms with Gasteiger partial charge in [-0.2, -0.15) is 0 Å². The van der Waals surface area contributed by atoms with E-state index in [1.807, 2.05) is 24.3 Å². The number of nitrogens with zero attached hydrogens (tertiary/aromatic N) is 1. The number of benzene rings is 2. The first-order valence-electron chi connectivity index (χ1n) is 8.56. The van der Waals surface area contributed by atoms with Gasteiger partial charge in [0, 0.05) is 17.3 Å². The first kappa shape index (κ1) is 18.1. The highest BCUT2D eigenvalue weighted by Crippen LogP contribution is 2.29. The van der Waals surface area contributed by atoms with Gasteiger partial charge >= 0.3 is 0 Å². The number of pyridine rings is 1. The van der Waals surface area contributed by atoms with Crippen LogP contribution in [-0.4, -0.2) is 17.2 Å². The Kier molecular flexibility index (Phi) is 5.38. The first-order valence-corrected chi connectivity index (χ1v) is 8.97. The van der Waals surface area contributed by atoms with Crippen LogP contribution in [0, 0.1) is 13.8 Å². The molecular formula is C21H23N3OS. The summed E-state index contributed by atoms with van der Waals surface area (Å²) in [6, 6.07) is 14.3. The zero-order chi connectivity index (χ0) is 18.7. The van der Waals surface area contributed by atoms with Crippen molar-refractivity contribution in [3.63, 3.8) is 0 Å². The predicted molar refractivity (Wildman–Crippen MR) is 112 cm³/mol. The van der Waals surface area contributed by atoms with Gasteiger partial charge in [-0.1, -0.05) is 23.8 Å². The van der Waals surface area contributed by atoms with Crippen LogP contribution >= 0.6 is 12.2 Å². The van der Waals surface area contributed by atoms with Crippen LogP contribution in [0.25, 0.3) is 10.9 Å². The van der Waals surface area contributed by atoms with E-state index in [0.29, 0.717) is 5.11 Å². The second-order valence-corrected chi connectivity index (χ2v) is 6.80. The van der Waals surface area contributed by atoms with Crippen LogP contribution < -0.4 is 15.4 Å². The van der Waals surface area contributed by atoms with Gasteiger partial charge in [0.25, 0.3) is 0 Å². The van der Waals surface area contributed by atoms with Crippen molar-refractivity contribution in [2.45, 2.75) is 26.8 Å². The smallest absolute Gasteiger partial charge is 0.171 e. The van der Waals surface area contributed by atoms with Gasteiger partial charge in [0.15, 0.2) is 5.11 Å². The molecule has 3 rings (SSSR count). The monoisotopic (exact) mass is 365 g/mol. The van der Waals surface area contributed by atoms with Gasteiger partial charge in [0.1, 0.15) is 11.3 Å². The van der Waals surface area contributed by atoms with Crippen molar-refractivity contribution in [3.8, 4) is 5.75 Å². The number of hydrogen-bond donors (Lipinski definition) is 2. The van der Waals surface area contributed by atoms with Crippen LogP contribution in [0.5, 0.6) is 5.75 Å². The predicted octanol–water partition coefficient (Wildman–Crippen LogP) is 4.91. The van der Waals surface area contributed by atoms with Crippen molar-refractivity contribution in [1.29, 1.82) is 0 Å². The van der Waals surface area contributed by atoms with E-state index in [4.69, 9.17) is 17.0 Å². The lowest BCUT2D eigenvalue weighted by molar-refractivity contribution is 0.419. The maximum atomic E-state index is 5.53. The van der Waals surface area contributed by atoms with E-state index < -0.39 is 0 Å². The summed E-state index contributed by atoms with van der Waals surface area (Å²) in [5.74, 6) is 0.744. The highest BCUT2D eigenvalue weighted by Gasteiger charge is 2.12. The second-order valence-electron chi connectivity index (χ2n) is 6.40. The Morgan fingerprint density at radius 2 is 1.96 bits per heavy atom. The molecule has 2 N–H and O–H groups in total. The van der Waals surface area contributed by atoms with Gasteiger partial charge in [0.2, 0.25) is 0 Å². The summed E-state index contributed by atoms with van der Waals surface area (Å²) in [5, 5.41) is 8.20. The molecule has 0 aliphatic rings. The molecule has 1 atom stereocenters. The molecule has 1 aromatic heterocycles. The number of aromatic nitrogens is 1. The normalized spacial score (nSPS) is 11.8. The van der Waals surface area contributed by atoms with E-state index in [9.17, 15) is 0 Å². The lowest BCUT2D eigenvalue weighted by Crippen LogP contribution is -2.31. The molecule has 134 valence electrons. The molecule has 0 saturated carbocycles. The molecule has 0 fully saturated rings. The van der Waals surface area contributed by atoms with Gasteiger partial charge in [0.05, 0.1) is 13.2 Å². The first-order chi connectivity index (χ1) is 12.5. The Labute approximate surface area is 159 Å². The van der Waals surface area contributed by atoms with Gasteiger partial charge in [-0.15, -0.1) is 0 Å². The Bertz CT molecular complexity index is 955. The molecule has 5 heteroatoms. The van der Waals surface area contributed by atoms with E-state index in [1.54, 1.807) is 13.3 Å². The van der Waals surface area contributed by atoms with E-state index in [1.165, 1.54) is 16.7 Å². The topological polar surface area (TPSA) is 46.2 Å². The molecule has 0 saturated heterocycles. The van der Waals surface area contributed by atoms with Crippen LogP contribution in [0.2, 0.25) is 0 Å². The summed E-state index contributed by atoms with van der Waals surface area (Å²) >= 11 is 5.53. The van der Waals surface area contributed by atoms with Gasteiger partial charge in [-0.3, -0.25) is 4.98 Å².